The Bertz CT molecular complexity index is 659. The van der Waals surface area contributed by atoms with E-state index >= 15 is 0 Å². The maximum atomic E-state index is 11.2. The van der Waals surface area contributed by atoms with E-state index in [0.717, 1.165) is 26.4 Å². The molecule has 1 aromatic rings. The van der Waals surface area contributed by atoms with Gasteiger partial charge in [-0.1, -0.05) is 0 Å². The first-order chi connectivity index (χ1) is 8.12. The van der Waals surface area contributed by atoms with Crippen LogP contribution in [0.25, 0.3) is 0 Å². The fraction of sp³-hybridized carbons (Fsp3) is 0.250. The van der Waals surface area contributed by atoms with Crippen molar-refractivity contribution in [2.45, 2.75) is 9.79 Å². The van der Waals surface area contributed by atoms with Gasteiger partial charge in [-0.15, -0.1) is 0 Å². The Hall–Kier alpha value is -1.36. The predicted molar refractivity (Wildman–Crippen MR) is 59.2 cm³/mol. The minimum atomic E-state index is -4.80. The minimum Gasteiger partial charge on any atom is -0.495 e. The highest BCUT2D eigenvalue weighted by Gasteiger charge is 2.29. The smallest absolute Gasteiger partial charge is 0.302 e. The van der Waals surface area contributed by atoms with Crippen LogP contribution < -0.4 is 9.47 Å². The summed E-state index contributed by atoms with van der Waals surface area (Å²) in [4.78, 5) is -1.67. The number of ether oxygens (including phenoxy) is 2. The Balaban J connectivity index is 3.87. The molecule has 0 saturated carbocycles. The van der Waals surface area contributed by atoms with Crippen LogP contribution >= 0.6 is 0 Å². The molecule has 0 fully saturated rings. The average Bonchev–Trinajstić information content (AvgIpc) is 2.24. The summed E-state index contributed by atoms with van der Waals surface area (Å²) >= 11 is 0. The van der Waals surface area contributed by atoms with E-state index in [0.29, 0.717) is 0 Å². The first-order valence-electron chi connectivity index (χ1n) is 4.33. The van der Waals surface area contributed by atoms with Crippen LogP contribution in [0.5, 0.6) is 11.5 Å². The molecule has 0 spiro atoms. The minimum absolute atomic E-state index is 0.318. The fourth-order valence-corrected chi connectivity index (χ4v) is 2.89. The normalized spacial score (nSPS) is 12.2. The lowest BCUT2D eigenvalue weighted by atomic mass is 10.3. The van der Waals surface area contributed by atoms with Crippen LogP contribution in [-0.2, 0) is 20.2 Å². The lowest BCUT2D eigenvalue weighted by Crippen LogP contribution is -2.09. The summed E-state index contributed by atoms with van der Waals surface area (Å²) in [7, 11) is -7.40. The van der Waals surface area contributed by atoms with Gasteiger partial charge in [0.05, 0.1) is 14.2 Å². The van der Waals surface area contributed by atoms with Crippen molar-refractivity contribution in [1.82, 2.24) is 0 Å². The zero-order valence-corrected chi connectivity index (χ0v) is 10.9. The van der Waals surface area contributed by atoms with E-state index in [1.165, 1.54) is 0 Å². The van der Waals surface area contributed by atoms with Crippen LogP contribution in [0.1, 0.15) is 0 Å². The molecule has 10 heteroatoms. The van der Waals surface area contributed by atoms with Crippen molar-refractivity contribution in [2.24, 2.45) is 0 Å². The second-order valence-corrected chi connectivity index (χ2v) is 5.83. The van der Waals surface area contributed by atoms with Crippen LogP contribution in [0.2, 0.25) is 0 Å². The van der Waals surface area contributed by atoms with E-state index < -0.39 is 35.8 Å². The first kappa shape index (κ1) is 14.7. The molecule has 0 bridgehead atoms. The molecule has 0 amide bonds. The van der Waals surface area contributed by atoms with Gasteiger partial charge in [0.1, 0.15) is 10.6 Å². The van der Waals surface area contributed by atoms with Crippen LogP contribution in [0, 0.1) is 0 Å². The van der Waals surface area contributed by atoms with E-state index in [4.69, 9.17) is 9.11 Å². The largest absolute Gasteiger partial charge is 0.495 e. The third kappa shape index (κ3) is 2.72. The molecular weight excluding hydrogens is 288 g/mol. The lowest BCUT2D eigenvalue weighted by Gasteiger charge is -2.13. The zero-order valence-electron chi connectivity index (χ0n) is 9.32. The summed E-state index contributed by atoms with van der Waals surface area (Å²) in [5.74, 6) is -1.04. The summed E-state index contributed by atoms with van der Waals surface area (Å²) in [5, 5.41) is 0. The SMILES string of the molecule is COc1ccc(S(=O)(=O)O)c(OC)c1S(=O)(=O)O. The number of hydrogen-bond donors (Lipinski definition) is 2. The van der Waals surface area contributed by atoms with Crippen molar-refractivity contribution < 1.29 is 35.4 Å². The summed E-state index contributed by atoms with van der Waals surface area (Å²) in [6.45, 7) is 0. The standard InChI is InChI=1S/C8H10O8S2/c1-15-5-3-4-6(17(9,10)11)7(16-2)8(5)18(12,13)14/h3-4H,1-2H3,(H,9,10,11)(H,12,13,14). The molecule has 8 nitrogen and oxygen atoms in total. The van der Waals surface area contributed by atoms with Crippen molar-refractivity contribution >= 4 is 20.2 Å². The number of hydrogen-bond acceptors (Lipinski definition) is 6. The van der Waals surface area contributed by atoms with Crippen molar-refractivity contribution in [2.75, 3.05) is 14.2 Å². The lowest BCUT2D eigenvalue weighted by molar-refractivity contribution is 0.357. The maximum Gasteiger partial charge on any atom is 0.302 e. The Morgan fingerprint density at radius 2 is 1.50 bits per heavy atom. The molecule has 0 aliphatic rings. The second kappa shape index (κ2) is 4.72. The average molecular weight is 298 g/mol. The third-order valence-corrected chi connectivity index (χ3v) is 3.78. The van der Waals surface area contributed by atoms with E-state index in [9.17, 15) is 16.8 Å². The van der Waals surface area contributed by atoms with Crippen LogP contribution in [0.4, 0.5) is 0 Å². The molecule has 0 aliphatic heterocycles. The van der Waals surface area contributed by atoms with Gasteiger partial charge < -0.3 is 9.47 Å². The van der Waals surface area contributed by atoms with Gasteiger partial charge in [0, 0.05) is 0 Å². The molecule has 0 aromatic heterocycles. The van der Waals surface area contributed by atoms with Gasteiger partial charge in [-0.3, -0.25) is 9.11 Å². The molecule has 0 radical (unpaired) electrons. The van der Waals surface area contributed by atoms with E-state index in [2.05, 4.69) is 9.47 Å². The summed E-state index contributed by atoms with van der Waals surface area (Å²) < 4.78 is 71.7. The van der Waals surface area contributed by atoms with Gasteiger partial charge in [-0.25, -0.2) is 0 Å². The molecule has 1 rings (SSSR count). The highest BCUT2D eigenvalue weighted by Crippen LogP contribution is 2.38. The van der Waals surface area contributed by atoms with Gasteiger partial charge in [-0.05, 0) is 12.1 Å². The molecular formula is C8H10O8S2. The molecule has 0 atom stereocenters. The Morgan fingerprint density at radius 3 is 1.83 bits per heavy atom. The molecule has 0 aliphatic carbocycles. The number of methoxy groups -OCH3 is 2. The molecule has 2 N–H and O–H groups in total. The Kier molecular flexibility index (Phi) is 3.86. The van der Waals surface area contributed by atoms with Crippen molar-refractivity contribution in [1.29, 1.82) is 0 Å². The second-order valence-electron chi connectivity index (χ2n) is 3.08. The highest BCUT2D eigenvalue weighted by molar-refractivity contribution is 7.87. The van der Waals surface area contributed by atoms with E-state index in [1.807, 2.05) is 0 Å². The molecule has 0 saturated heterocycles. The topological polar surface area (TPSA) is 127 Å². The monoisotopic (exact) mass is 298 g/mol. The maximum absolute atomic E-state index is 11.2. The first-order valence-corrected chi connectivity index (χ1v) is 7.21. The zero-order chi connectivity index (χ0) is 14.1. The third-order valence-electron chi connectivity index (χ3n) is 2.00. The predicted octanol–water partition coefficient (Wildman–Crippen LogP) is 0.197. The van der Waals surface area contributed by atoms with E-state index in [-0.39, 0.29) is 5.75 Å². The Labute approximate surface area is 104 Å². The summed E-state index contributed by atoms with van der Waals surface area (Å²) in [6.07, 6.45) is 0. The van der Waals surface area contributed by atoms with Crippen molar-refractivity contribution in [3.8, 4) is 11.5 Å². The Morgan fingerprint density at radius 1 is 0.944 bits per heavy atom. The number of benzene rings is 1. The van der Waals surface area contributed by atoms with Crippen molar-refractivity contribution in [3.63, 3.8) is 0 Å². The van der Waals surface area contributed by atoms with Gasteiger partial charge in [-0.2, -0.15) is 16.8 Å². The van der Waals surface area contributed by atoms with E-state index in [1.54, 1.807) is 0 Å². The summed E-state index contributed by atoms with van der Waals surface area (Å²) in [6, 6.07) is 1.86. The number of rotatable bonds is 4. The van der Waals surface area contributed by atoms with Gasteiger partial charge in [0.25, 0.3) is 10.1 Å². The van der Waals surface area contributed by atoms with Gasteiger partial charge >= 0.3 is 10.1 Å². The molecule has 102 valence electrons. The van der Waals surface area contributed by atoms with Crippen LogP contribution in [-0.4, -0.2) is 40.2 Å². The van der Waals surface area contributed by atoms with Crippen molar-refractivity contribution in [3.05, 3.63) is 12.1 Å². The highest BCUT2D eigenvalue weighted by atomic mass is 32.2. The van der Waals surface area contributed by atoms with Crippen LogP contribution in [0.15, 0.2) is 21.9 Å². The summed E-state index contributed by atoms with van der Waals surface area (Å²) in [5.41, 5.74) is 0. The molecule has 0 heterocycles. The molecule has 0 unspecified atom stereocenters. The molecule has 1 aromatic carbocycles. The quantitative estimate of drug-likeness (QED) is 0.754. The van der Waals surface area contributed by atoms with Gasteiger partial charge in [0.2, 0.25) is 0 Å². The van der Waals surface area contributed by atoms with Gasteiger partial charge in [0.15, 0.2) is 10.6 Å². The molecule has 18 heavy (non-hydrogen) atoms. The fourth-order valence-electron chi connectivity index (χ4n) is 1.33. The van der Waals surface area contributed by atoms with Crippen LogP contribution in [0.3, 0.4) is 0 Å².